The number of fused-ring (bicyclic) bond motifs is 1. The maximum Gasteiger partial charge on any atom is 0.258 e. The molecule has 1 amide bonds. The molecule has 0 fully saturated rings. The molecule has 0 aromatic heterocycles. The molecule has 23 heavy (non-hydrogen) atoms. The Hall–Kier alpha value is -1.88. The van der Waals surface area contributed by atoms with Gasteiger partial charge < -0.3 is 15.4 Å². The van der Waals surface area contributed by atoms with E-state index in [1.807, 2.05) is 49.5 Å². The van der Waals surface area contributed by atoms with Gasteiger partial charge in [-0.1, -0.05) is 36.4 Å². The molecule has 3 rings (SSSR count). The lowest BCUT2D eigenvalue weighted by Crippen LogP contribution is -2.28. The summed E-state index contributed by atoms with van der Waals surface area (Å²) in [6.07, 6.45) is 0.329. The van der Waals surface area contributed by atoms with Crippen LogP contribution in [0.15, 0.2) is 48.5 Å². The molecule has 1 atom stereocenters. The molecule has 2 N–H and O–H groups in total. The van der Waals surface area contributed by atoms with Crippen LogP contribution < -0.4 is 10.6 Å². The summed E-state index contributed by atoms with van der Waals surface area (Å²) in [6.45, 7) is 1.35. The summed E-state index contributed by atoms with van der Waals surface area (Å²) < 4.78 is 5.69. The third kappa shape index (κ3) is 4.10. The summed E-state index contributed by atoms with van der Waals surface area (Å²) in [6, 6.07) is 15.8. The van der Waals surface area contributed by atoms with E-state index >= 15 is 0 Å². The van der Waals surface area contributed by atoms with Crippen LogP contribution in [0.5, 0.6) is 0 Å². The van der Waals surface area contributed by atoms with Crippen molar-refractivity contribution < 1.29 is 9.53 Å². The SMILES string of the molecule is CNCc1cccc(NC(=O)C2OCCc3ccccc32)c1.Cl. The lowest BCUT2D eigenvalue weighted by molar-refractivity contribution is -0.128. The van der Waals surface area contributed by atoms with Gasteiger partial charge in [0.15, 0.2) is 6.10 Å². The van der Waals surface area contributed by atoms with E-state index in [4.69, 9.17) is 4.74 Å². The van der Waals surface area contributed by atoms with Crippen LogP contribution in [0, 0.1) is 0 Å². The van der Waals surface area contributed by atoms with Crippen molar-refractivity contribution in [2.24, 2.45) is 0 Å². The van der Waals surface area contributed by atoms with E-state index in [0.717, 1.165) is 29.8 Å². The van der Waals surface area contributed by atoms with Gasteiger partial charge in [-0.2, -0.15) is 0 Å². The lowest BCUT2D eigenvalue weighted by Gasteiger charge is -2.25. The number of benzene rings is 2. The van der Waals surface area contributed by atoms with Crippen molar-refractivity contribution in [1.29, 1.82) is 0 Å². The second-order valence-corrected chi connectivity index (χ2v) is 5.42. The lowest BCUT2D eigenvalue weighted by atomic mass is 9.97. The Morgan fingerprint density at radius 2 is 2.04 bits per heavy atom. The second kappa shape index (κ2) is 8.11. The number of amides is 1. The number of ether oxygens (including phenoxy) is 1. The van der Waals surface area contributed by atoms with Crippen molar-refractivity contribution in [2.75, 3.05) is 19.0 Å². The number of nitrogens with one attached hydrogen (secondary N) is 2. The summed E-state index contributed by atoms with van der Waals surface area (Å²) >= 11 is 0. The number of hydrogen-bond donors (Lipinski definition) is 2. The zero-order valence-corrected chi connectivity index (χ0v) is 13.9. The summed E-state index contributed by atoms with van der Waals surface area (Å²) in [4.78, 5) is 12.5. The van der Waals surface area contributed by atoms with Gasteiger partial charge in [-0.05, 0) is 42.3 Å². The number of halogens is 1. The first-order valence-corrected chi connectivity index (χ1v) is 7.52. The van der Waals surface area contributed by atoms with Gasteiger partial charge in [0, 0.05) is 12.2 Å². The second-order valence-electron chi connectivity index (χ2n) is 5.42. The van der Waals surface area contributed by atoms with Crippen molar-refractivity contribution in [3.63, 3.8) is 0 Å². The number of anilines is 1. The molecule has 2 aromatic carbocycles. The number of carbonyl (C=O) groups excluding carboxylic acids is 1. The monoisotopic (exact) mass is 332 g/mol. The highest BCUT2D eigenvalue weighted by Gasteiger charge is 2.27. The average Bonchev–Trinajstić information content (AvgIpc) is 2.55. The first-order chi connectivity index (χ1) is 10.8. The van der Waals surface area contributed by atoms with Gasteiger partial charge in [0.2, 0.25) is 0 Å². The van der Waals surface area contributed by atoms with Crippen LogP contribution in [0.2, 0.25) is 0 Å². The van der Waals surface area contributed by atoms with Gasteiger partial charge in [-0.25, -0.2) is 0 Å². The van der Waals surface area contributed by atoms with Crippen LogP contribution in [-0.2, 0) is 22.5 Å². The first kappa shape index (κ1) is 17.5. The number of carbonyl (C=O) groups is 1. The van der Waals surface area contributed by atoms with E-state index in [9.17, 15) is 4.79 Å². The molecule has 2 aromatic rings. The maximum atomic E-state index is 12.5. The minimum atomic E-state index is -0.530. The molecule has 0 spiro atoms. The van der Waals surface area contributed by atoms with Crippen LogP contribution >= 0.6 is 12.4 Å². The van der Waals surface area contributed by atoms with E-state index in [2.05, 4.69) is 16.7 Å². The van der Waals surface area contributed by atoms with Gasteiger partial charge in [-0.15, -0.1) is 12.4 Å². The Balaban J connectivity index is 0.00000192. The maximum absolute atomic E-state index is 12.5. The fourth-order valence-electron chi connectivity index (χ4n) is 2.78. The predicted molar refractivity (Wildman–Crippen MR) is 93.9 cm³/mol. The summed E-state index contributed by atoms with van der Waals surface area (Å²) in [7, 11) is 1.90. The predicted octanol–water partition coefficient (Wildman–Crippen LogP) is 3.08. The van der Waals surface area contributed by atoms with E-state index in [1.54, 1.807) is 0 Å². The van der Waals surface area contributed by atoms with Crippen molar-refractivity contribution in [1.82, 2.24) is 5.32 Å². The van der Waals surface area contributed by atoms with Gasteiger partial charge in [0.1, 0.15) is 0 Å². The highest BCUT2D eigenvalue weighted by Crippen LogP contribution is 2.28. The smallest absolute Gasteiger partial charge is 0.258 e. The molecular weight excluding hydrogens is 312 g/mol. The number of rotatable bonds is 4. The summed E-state index contributed by atoms with van der Waals surface area (Å²) in [5, 5.41) is 6.06. The van der Waals surface area contributed by atoms with Crippen molar-refractivity contribution in [3.8, 4) is 0 Å². The third-order valence-electron chi connectivity index (χ3n) is 3.81. The largest absolute Gasteiger partial charge is 0.363 e. The molecule has 5 heteroatoms. The van der Waals surface area contributed by atoms with Gasteiger partial charge >= 0.3 is 0 Å². The van der Waals surface area contributed by atoms with Crippen LogP contribution in [0.4, 0.5) is 5.69 Å². The van der Waals surface area contributed by atoms with Gasteiger partial charge in [0.25, 0.3) is 5.91 Å². The fraction of sp³-hybridized carbons (Fsp3) is 0.278. The topological polar surface area (TPSA) is 50.4 Å². The quantitative estimate of drug-likeness (QED) is 0.904. The van der Waals surface area contributed by atoms with Gasteiger partial charge in [0.05, 0.1) is 6.61 Å². The molecule has 0 saturated carbocycles. The molecule has 0 aliphatic carbocycles. The molecule has 0 bridgehead atoms. The van der Waals surface area contributed by atoms with E-state index in [-0.39, 0.29) is 18.3 Å². The highest BCUT2D eigenvalue weighted by atomic mass is 35.5. The van der Waals surface area contributed by atoms with Crippen LogP contribution in [0.3, 0.4) is 0 Å². The molecule has 1 aliphatic heterocycles. The standard InChI is InChI=1S/C18H20N2O2.ClH/c1-19-12-13-5-4-7-15(11-13)20-18(21)17-16-8-3-2-6-14(16)9-10-22-17;/h2-8,11,17,19H,9-10,12H2,1H3,(H,20,21);1H. The van der Waals surface area contributed by atoms with Crippen molar-refractivity contribution >= 4 is 24.0 Å². The molecular formula is C18H21ClN2O2. The molecule has 0 radical (unpaired) electrons. The van der Waals surface area contributed by atoms with Crippen molar-refractivity contribution in [3.05, 3.63) is 65.2 Å². The van der Waals surface area contributed by atoms with Gasteiger partial charge in [-0.3, -0.25) is 4.79 Å². The van der Waals surface area contributed by atoms with Crippen molar-refractivity contribution in [2.45, 2.75) is 19.1 Å². The molecule has 1 aliphatic rings. The minimum absolute atomic E-state index is 0. The Bertz CT molecular complexity index is 676. The summed E-state index contributed by atoms with van der Waals surface area (Å²) in [5.74, 6) is -0.117. The number of hydrogen-bond acceptors (Lipinski definition) is 3. The van der Waals surface area contributed by atoms with E-state index in [0.29, 0.717) is 6.61 Å². The van der Waals surface area contributed by atoms with Crippen LogP contribution in [0.1, 0.15) is 22.8 Å². The molecule has 1 unspecified atom stereocenters. The summed E-state index contributed by atoms with van der Waals surface area (Å²) in [5.41, 5.74) is 4.09. The molecule has 0 saturated heterocycles. The molecule has 1 heterocycles. The normalized spacial score (nSPS) is 16.1. The Morgan fingerprint density at radius 3 is 2.87 bits per heavy atom. The zero-order chi connectivity index (χ0) is 15.4. The Labute approximate surface area is 142 Å². The Kier molecular flexibility index (Phi) is 6.16. The third-order valence-corrected chi connectivity index (χ3v) is 3.81. The molecule has 4 nitrogen and oxygen atoms in total. The van der Waals surface area contributed by atoms with E-state index < -0.39 is 6.10 Å². The minimum Gasteiger partial charge on any atom is -0.363 e. The fourth-order valence-corrected chi connectivity index (χ4v) is 2.78. The van der Waals surface area contributed by atoms with E-state index in [1.165, 1.54) is 5.56 Å². The Morgan fingerprint density at radius 1 is 1.22 bits per heavy atom. The zero-order valence-electron chi connectivity index (χ0n) is 13.0. The molecule has 122 valence electrons. The van der Waals surface area contributed by atoms with Crippen LogP contribution in [-0.4, -0.2) is 19.6 Å². The van der Waals surface area contributed by atoms with Crippen LogP contribution in [0.25, 0.3) is 0 Å². The highest BCUT2D eigenvalue weighted by molar-refractivity contribution is 5.95. The average molecular weight is 333 g/mol. The first-order valence-electron chi connectivity index (χ1n) is 7.52.